The lowest BCUT2D eigenvalue weighted by Gasteiger charge is -2.01. The van der Waals surface area contributed by atoms with Crippen LogP contribution in [0.1, 0.15) is 45.4 Å². The number of hydrogen-bond donors (Lipinski definition) is 0. The van der Waals surface area contributed by atoms with Crippen LogP contribution in [0.5, 0.6) is 0 Å². The van der Waals surface area contributed by atoms with Crippen molar-refractivity contribution in [3.8, 4) is 0 Å². The van der Waals surface area contributed by atoms with E-state index in [1.807, 2.05) is 0 Å². The molecule has 0 aliphatic rings. The summed E-state index contributed by atoms with van der Waals surface area (Å²) < 4.78 is 13.3. The minimum Gasteiger partial charge on any atom is -0.358 e. The summed E-state index contributed by atoms with van der Waals surface area (Å²) in [6.07, 6.45) is 7.92. The van der Waals surface area contributed by atoms with E-state index in [4.69, 9.17) is 0 Å². The molecule has 0 aromatic carbocycles. The summed E-state index contributed by atoms with van der Waals surface area (Å²) in [7, 11) is 0.277. The molecule has 0 aliphatic heterocycles. The summed E-state index contributed by atoms with van der Waals surface area (Å²) in [5.41, 5.74) is 0. The van der Waals surface area contributed by atoms with Gasteiger partial charge in [-0.05, 0) is 11.3 Å². The van der Waals surface area contributed by atoms with Gasteiger partial charge in [0, 0.05) is 5.75 Å². The molecule has 7 heteroatoms. The molecule has 1 heterocycles. The van der Waals surface area contributed by atoms with Gasteiger partial charge in [0.15, 0.2) is 0 Å². The number of hydrogen-bond acceptors (Lipinski definition) is 4. The zero-order valence-electron chi connectivity index (χ0n) is 11.5. The Bertz CT molecular complexity index is 445. The molecule has 1 rings (SSSR count). The topological polar surface area (TPSA) is 78.0 Å². The molecule has 0 N–H and O–H groups in total. The molecule has 0 bridgehead atoms. The molecule has 6 nitrogen and oxygen atoms in total. The molecule has 0 radical (unpaired) electrons. The number of rotatable bonds is 9. The van der Waals surface area contributed by atoms with Gasteiger partial charge in [-0.3, -0.25) is 0 Å². The van der Waals surface area contributed by atoms with Crippen molar-refractivity contribution in [1.29, 1.82) is 0 Å². The third kappa shape index (κ3) is 4.74. The second-order valence-electron chi connectivity index (χ2n) is 4.53. The highest BCUT2D eigenvalue weighted by molar-refractivity contribution is 7.84. The van der Waals surface area contributed by atoms with E-state index >= 15 is 0 Å². The maximum absolute atomic E-state index is 12.0. The van der Waals surface area contributed by atoms with Crippen LogP contribution in [0.3, 0.4) is 0 Å². The third-order valence-corrected chi connectivity index (χ3v) is 4.44. The number of imidazole rings is 1. The standard InChI is InChI=1S/C12H21N3O3S/c1-3-4-5-6-7-8-9-19(18)12-13-10-11(14(12)2)15(16)17/h10H,3-9H2,1-2H3. The molecular weight excluding hydrogens is 266 g/mol. The Balaban J connectivity index is 2.40. The van der Waals surface area contributed by atoms with Crippen LogP contribution in [0.15, 0.2) is 11.4 Å². The molecule has 19 heavy (non-hydrogen) atoms. The van der Waals surface area contributed by atoms with Gasteiger partial charge in [-0.25, -0.2) is 13.8 Å². The fourth-order valence-corrected chi connectivity index (χ4v) is 3.09. The Labute approximate surface area is 115 Å². The fourth-order valence-electron chi connectivity index (χ4n) is 1.87. The molecule has 0 saturated carbocycles. The van der Waals surface area contributed by atoms with E-state index in [1.165, 1.54) is 30.9 Å². The molecule has 108 valence electrons. The maximum Gasteiger partial charge on any atom is 0.343 e. The predicted molar refractivity (Wildman–Crippen MR) is 74.5 cm³/mol. The normalized spacial score (nSPS) is 12.5. The van der Waals surface area contributed by atoms with Gasteiger partial charge in [-0.2, -0.15) is 0 Å². The van der Waals surface area contributed by atoms with Crippen LogP contribution < -0.4 is 0 Å². The van der Waals surface area contributed by atoms with Crippen LogP contribution in [0.4, 0.5) is 5.82 Å². The monoisotopic (exact) mass is 287 g/mol. The van der Waals surface area contributed by atoms with Crippen LogP contribution in [0, 0.1) is 10.1 Å². The van der Waals surface area contributed by atoms with E-state index in [0.29, 0.717) is 10.9 Å². The van der Waals surface area contributed by atoms with E-state index in [2.05, 4.69) is 11.9 Å². The molecular formula is C12H21N3O3S. The fraction of sp³-hybridized carbons (Fsp3) is 0.750. The van der Waals surface area contributed by atoms with Crippen LogP contribution >= 0.6 is 0 Å². The van der Waals surface area contributed by atoms with Gasteiger partial charge in [-0.15, -0.1) is 0 Å². The van der Waals surface area contributed by atoms with Crippen molar-refractivity contribution in [2.24, 2.45) is 7.05 Å². The molecule has 0 aliphatic carbocycles. The highest BCUT2D eigenvalue weighted by Crippen LogP contribution is 2.15. The average Bonchev–Trinajstić information content (AvgIpc) is 2.75. The van der Waals surface area contributed by atoms with Crippen LogP contribution in [-0.4, -0.2) is 24.4 Å². The molecule has 0 spiro atoms. The molecule has 1 aromatic heterocycles. The van der Waals surface area contributed by atoms with Crippen molar-refractivity contribution in [2.75, 3.05) is 5.75 Å². The summed E-state index contributed by atoms with van der Waals surface area (Å²) in [6.45, 7) is 2.17. The Morgan fingerprint density at radius 3 is 2.53 bits per heavy atom. The number of aromatic nitrogens is 2. The quantitative estimate of drug-likeness (QED) is 0.397. The Kier molecular flexibility index (Phi) is 6.69. The lowest BCUT2D eigenvalue weighted by molar-refractivity contribution is -0.392. The molecule has 0 amide bonds. The van der Waals surface area contributed by atoms with Gasteiger partial charge in [0.05, 0.1) is 7.05 Å². The minimum absolute atomic E-state index is 0.119. The summed E-state index contributed by atoms with van der Waals surface area (Å²) >= 11 is 0. The molecule has 1 unspecified atom stereocenters. The zero-order valence-corrected chi connectivity index (χ0v) is 12.3. The first-order chi connectivity index (χ1) is 9.07. The smallest absolute Gasteiger partial charge is 0.343 e. The van der Waals surface area contributed by atoms with Gasteiger partial charge < -0.3 is 10.1 Å². The Morgan fingerprint density at radius 1 is 1.32 bits per heavy atom. The van der Waals surface area contributed by atoms with Crippen molar-refractivity contribution < 1.29 is 9.13 Å². The number of nitro groups is 1. The third-order valence-electron chi connectivity index (χ3n) is 3.00. The highest BCUT2D eigenvalue weighted by Gasteiger charge is 2.20. The van der Waals surface area contributed by atoms with Gasteiger partial charge in [0.25, 0.3) is 5.16 Å². The Morgan fingerprint density at radius 2 is 1.95 bits per heavy atom. The van der Waals surface area contributed by atoms with Crippen molar-refractivity contribution >= 4 is 16.6 Å². The van der Waals surface area contributed by atoms with Gasteiger partial charge >= 0.3 is 5.82 Å². The van der Waals surface area contributed by atoms with E-state index in [0.717, 1.165) is 25.5 Å². The van der Waals surface area contributed by atoms with Crippen LogP contribution in [0.2, 0.25) is 0 Å². The van der Waals surface area contributed by atoms with Crippen LogP contribution in [0.25, 0.3) is 0 Å². The number of unbranched alkanes of at least 4 members (excludes halogenated alkanes) is 5. The van der Waals surface area contributed by atoms with Crippen LogP contribution in [-0.2, 0) is 17.8 Å². The first kappa shape index (κ1) is 15.8. The van der Waals surface area contributed by atoms with E-state index in [9.17, 15) is 14.3 Å². The second kappa shape index (κ2) is 8.04. The minimum atomic E-state index is -1.25. The first-order valence-electron chi connectivity index (χ1n) is 6.62. The van der Waals surface area contributed by atoms with Crippen molar-refractivity contribution in [2.45, 2.75) is 50.6 Å². The number of nitrogens with zero attached hydrogens (tertiary/aromatic N) is 3. The lowest BCUT2D eigenvalue weighted by Crippen LogP contribution is -2.07. The Hall–Kier alpha value is -1.24. The first-order valence-corrected chi connectivity index (χ1v) is 7.94. The van der Waals surface area contributed by atoms with Crippen molar-refractivity contribution in [1.82, 2.24) is 9.55 Å². The van der Waals surface area contributed by atoms with E-state index in [-0.39, 0.29) is 5.82 Å². The largest absolute Gasteiger partial charge is 0.358 e. The van der Waals surface area contributed by atoms with E-state index in [1.54, 1.807) is 0 Å². The molecule has 0 fully saturated rings. The van der Waals surface area contributed by atoms with E-state index < -0.39 is 15.7 Å². The van der Waals surface area contributed by atoms with Crippen molar-refractivity contribution in [3.05, 3.63) is 16.3 Å². The molecule has 1 aromatic rings. The summed E-state index contributed by atoms with van der Waals surface area (Å²) in [4.78, 5) is 14.0. The molecule has 0 saturated heterocycles. The van der Waals surface area contributed by atoms with Gasteiger partial charge in [0.1, 0.15) is 17.0 Å². The predicted octanol–water partition coefficient (Wildman–Crippen LogP) is 2.80. The summed E-state index contributed by atoms with van der Waals surface area (Å²) in [6, 6.07) is 0. The van der Waals surface area contributed by atoms with Crippen molar-refractivity contribution in [3.63, 3.8) is 0 Å². The van der Waals surface area contributed by atoms with Gasteiger partial charge in [0.2, 0.25) is 0 Å². The lowest BCUT2D eigenvalue weighted by atomic mass is 10.1. The maximum atomic E-state index is 12.0. The van der Waals surface area contributed by atoms with Gasteiger partial charge in [-0.1, -0.05) is 39.0 Å². The second-order valence-corrected chi connectivity index (χ2v) is 6.00. The summed E-state index contributed by atoms with van der Waals surface area (Å²) in [5, 5.41) is 11.0. The summed E-state index contributed by atoms with van der Waals surface area (Å²) in [5.74, 6) is 0.403. The highest BCUT2D eigenvalue weighted by atomic mass is 32.2. The average molecular weight is 287 g/mol. The zero-order chi connectivity index (χ0) is 14.3. The molecule has 1 atom stereocenters. The SMILES string of the molecule is CCCCCCCCS(=O)c1ncc([N+](=O)[O-])n1C.